The second kappa shape index (κ2) is 15.0. The summed E-state index contributed by atoms with van der Waals surface area (Å²) in [5.74, 6) is -1.04. The first-order valence-corrected chi connectivity index (χ1v) is 16.5. The highest BCUT2D eigenvalue weighted by Crippen LogP contribution is 2.22. The third kappa shape index (κ3) is 8.89. The molecule has 1 saturated carbocycles. The van der Waals surface area contributed by atoms with Crippen molar-refractivity contribution in [1.29, 1.82) is 0 Å². The van der Waals surface area contributed by atoms with Crippen molar-refractivity contribution in [2.75, 3.05) is 17.1 Å². The predicted molar refractivity (Wildman–Crippen MR) is 164 cm³/mol. The van der Waals surface area contributed by atoms with Gasteiger partial charge in [0.1, 0.15) is 11.9 Å². The third-order valence-electron chi connectivity index (χ3n) is 7.72. The molecule has 1 unspecified atom stereocenters. The second-order valence-electron chi connectivity index (χ2n) is 10.9. The molecule has 1 fully saturated rings. The van der Waals surface area contributed by atoms with Crippen LogP contribution in [0.5, 0.6) is 0 Å². The topological polar surface area (TPSA) is 86.8 Å². The number of benzene rings is 3. The Morgan fingerprint density at radius 3 is 2.17 bits per heavy atom. The minimum atomic E-state index is -3.58. The summed E-state index contributed by atoms with van der Waals surface area (Å²) in [5.41, 5.74) is 1.72. The Kier molecular flexibility index (Phi) is 11.1. The largest absolute Gasteiger partial charge is 0.352 e. The van der Waals surface area contributed by atoms with Crippen LogP contribution in [0, 0.1) is 5.82 Å². The molecule has 3 aromatic rings. The van der Waals surface area contributed by atoms with E-state index >= 15 is 0 Å². The zero-order chi connectivity index (χ0) is 30.0. The highest BCUT2D eigenvalue weighted by atomic mass is 32.2. The molecule has 7 nitrogen and oxygen atoms in total. The van der Waals surface area contributed by atoms with Gasteiger partial charge >= 0.3 is 0 Å². The molecule has 4 rings (SSSR count). The van der Waals surface area contributed by atoms with Gasteiger partial charge in [-0.15, -0.1) is 0 Å². The van der Waals surface area contributed by atoms with Gasteiger partial charge in [-0.3, -0.25) is 13.9 Å². The quantitative estimate of drug-likeness (QED) is 0.285. The van der Waals surface area contributed by atoms with E-state index < -0.39 is 21.9 Å². The maximum Gasteiger partial charge on any atom is 0.243 e. The van der Waals surface area contributed by atoms with Crippen molar-refractivity contribution in [3.05, 3.63) is 102 Å². The van der Waals surface area contributed by atoms with Crippen LogP contribution in [0.15, 0.2) is 84.9 Å². The molecule has 0 saturated heterocycles. The zero-order valence-corrected chi connectivity index (χ0v) is 24.9. The van der Waals surface area contributed by atoms with Crippen LogP contribution in [0.1, 0.15) is 56.1 Å². The van der Waals surface area contributed by atoms with Crippen LogP contribution in [0.3, 0.4) is 0 Å². The Labute approximate surface area is 248 Å². The molecule has 42 heavy (non-hydrogen) atoms. The SMILES string of the molecule is CS(=O)(=O)N(CCCC(=O)N(Cc1ccccc1F)C(Cc1ccccc1)C(=O)NC1CCCCC1)c1ccccc1. The van der Waals surface area contributed by atoms with Crippen molar-refractivity contribution in [1.82, 2.24) is 10.2 Å². The van der Waals surface area contributed by atoms with Gasteiger partial charge in [-0.2, -0.15) is 0 Å². The number of rotatable bonds is 13. The van der Waals surface area contributed by atoms with Gasteiger partial charge in [0.2, 0.25) is 21.8 Å². The maximum absolute atomic E-state index is 14.8. The van der Waals surface area contributed by atoms with Crippen molar-refractivity contribution in [3.8, 4) is 0 Å². The first-order valence-electron chi connectivity index (χ1n) is 14.6. The number of anilines is 1. The number of nitrogens with one attached hydrogen (secondary N) is 1. The summed E-state index contributed by atoms with van der Waals surface area (Å²) in [6.07, 6.45) is 6.67. The van der Waals surface area contributed by atoms with E-state index in [0.29, 0.717) is 11.3 Å². The van der Waals surface area contributed by atoms with E-state index in [2.05, 4.69) is 5.32 Å². The maximum atomic E-state index is 14.8. The molecule has 2 amide bonds. The van der Waals surface area contributed by atoms with Gasteiger partial charge in [-0.25, -0.2) is 12.8 Å². The van der Waals surface area contributed by atoms with Gasteiger partial charge in [0.25, 0.3) is 0 Å². The summed E-state index contributed by atoms with van der Waals surface area (Å²) < 4.78 is 41.2. The van der Waals surface area contributed by atoms with Crippen LogP contribution in [0.4, 0.5) is 10.1 Å². The van der Waals surface area contributed by atoms with Gasteiger partial charge in [0, 0.05) is 37.5 Å². The molecule has 0 heterocycles. The van der Waals surface area contributed by atoms with Crippen molar-refractivity contribution in [2.24, 2.45) is 0 Å². The molecular formula is C33H40FN3O4S. The molecule has 0 bridgehead atoms. The van der Waals surface area contributed by atoms with E-state index in [4.69, 9.17) is 0 Å². The molecule has 0 radical (unpaired) electrons. The highest BCUT2D eigenvalue weighted by molar-refractivity contribution is 7.92. The number of hydrogen-bond donors (Lipinski definition) is 1. The van der Waals surface area contributed by atoms with Crippen molar-refractivity contribution in [3.63, 3.8) is 0 Å². The number of hydrogen-bond acceptors (Lipinski definition) is 4. The van der Waals surface area contributed by atoms with E-state index in [-0.39, 0.29) is 50.2 Å². The molecule has 1 N–H and O–H groups in total. The number of halogens is 1. The normalized spacial score (nSPS) is 14.6. The van der Waals surface area contributed by atoms with Gasteiger partial charge in [-0.05, 0) is 43.0 Å². The highest BCUT2D eigenvalue weighted by Gasteiger charge is 2.32. The molecule has 224 valence electrons. The third-order valence-corrected chi connectivity index (χ3v) is 8.91. The molecule has 0 spiro atoms. The lowest BCUT2D eigenvalue weighted by atomic mass is 9.94. The molecule has 9 heteroatoms. The van der Waals surface area contributed by atoms with E-state index in [1.807, 2.05) is 30.3 Å². The number of carbonyl (C=O) groups is 2. The van der Waals surface area contributed by atoms with E-state index in [1.165, 1.54) is 15.3 Å². The standard InChI is InChI=1S/C33H40FN3O4S/c1-42(40,41)37(29-19-9-4-10-20-29)23-13-22-32(38)36(25-27-16-11-12-21-30(27)34)31(24-26-14-5-2-6-15-26)33(39)35-28-17-7-3-8-18-28/h2,4-6,9-12,14-16,19-21,28,31H,3,7-8,13,17-18,22-25H2,1H3,(H,35,39). The molecule has 3 aromatic carbocycles. The number of sulfonamides is 1. The summed E-state index contributed by atoms with van der Waals surface area (Å²) in [5, 5.41) is 3.18. The fourth-order valence-corrected chi connectivity index (χ4v) is 6.47. The van der Waals surface area contributed by atoms with Gasteiger partial charge in [0.15, 0.2) is 0 Å². The fraction of sp³-hybridized carbons (Fsp3) is 0.394. The van der Waals surface area contributed by atoms with Gasteiger partial charge in [0.05, 0.1) is 11.9 Å². The number of amides is 2. The lowest BCUT2D eigenvalue weighted by Gasteiger charge is -2.34. The molecule has 0 aromatic heterocycles. The predicted octanol–water partition coefficient (Wildman–Crippen LogP) is 5.46. The molecule has 1 atom stereocenters. The molecule has 1 aliphatic carbocycles. The van der Waals surface area contributed by atoms with Crippen LogP contribution >= 0.6 is 0 Å². The average molecular weight is 594 g/mol. The van der Waals surface area contributed by atoms with Gasteiger partial charge < -0.3 is 10.2 Å². The number of para-hydroxylation sites is 1. The zero-order valence-electron chi connectivity index (χ0n) is 24.1. The van der Waals surface area contributed by atoms with Crippen molar-refractivity contribution in [2.45, 2.75) is 70.0 Å². The van der Waals surface area contributed by atoms with Crippen molar-refractivity contribution >= 4 is 27.5 Å². The Hall–Kier alpha value is -3.72. The van der Waals surface area contributed by atoms with Crippen LogP contribution in [-0.4, -0.2) is 50.0 Å². The summed E-state index contributed by atoms with van der Waals surface area (Å²) in [6, 6.07) is 23.7. The Morgan fingerprint density at radius 1 is 0.905 bits per heavy atom. The van der Waals surface area contributed by atoms with E-state index in [0.717, 1.165) is 43.9 Å². The van der Waals surface area contributed by atoms with Crippen LogP contribution in [-0.2, 0) is 32.6 Å². The number of nitrogens with zero attached hydrogens (tertiary/aromatic N) is 2. The van der Waals surface area contributed by atoms with Gasteiger partial charge in [-0.1, -0.05) is 86.0 Å². The minimum absolute atomic E-state index is 0.00466. The lowest BCUT2D eigenvalue weighted by molar-refractivity contribution is -0.141. The van der Waals surface area contributed by atoms with Crippen LogP contribution < -0.4 is 9.62 Å². The van der Waals surface area contributed by atoms with Crippen LogP contribution in [0.2, 0.25) is 0 Å². The number of carbonyl (C=O) groups excluding carboxylic acids is 2. The smallest absolute Gasteiger partial charge is 0.243 e. The average Bonchev–Trinajstić information content (AvgIpc) is 2.98. The summed E-state index contributed by atoms with van der Waals surface area (Å²) in [4.78, 5) is 29.2. The van der Waals surface area contributed by atoms with E-state index in [9.17, 15) is 22.4 Å². The van der Waals surface area contributed by atoms with Crippen LogP contribution in [0.25, 0.3) is 0 Å². The Morgan fingerprint density at radius 2 is 1.52 bits per heavy atom. The van der Waals surface area contributed by atoms with Crippen molar-refractivity contribution < 1.29 is 22.4 Å². The first-order chi connectivity index (χ1) is 20.2. The monoisotopic (exact) mass is 593 g/mol. The molecule has 0 aliphatic heterocycles. The fourth-order valence-electron chi connectivity index (χ4n) is 5.51. The van der Waals surface area contributed by atoms with E-state index in [1.54, 1.807) is 48.5 Å². The molecular weight excluding hydrogens is 553 g/mol. The molecule has 1 aliphatic rings. The second-order valence-corrected chi connectivity index (χ2v) is 12.8. The minimum Gasteiger partial charge on any atom is -0.352 e. The Bertz CT molecular complexity index is 1410. The Balaban J connectivity index is 1.59. The summed E-state index contributed by atoms with van der Waals surface area (Å²) >= 11 is 0. The first kappa shape index (κ1) is 31.2. The summed E-state index contributed by atoms with van der Waals surface area (Å²) in [6.45, 7) is 0.0231. The lowest BCUT2D eigenvalue weighted by Crippen LogP contribution is -2.53. The summed E-state index contributed by atoms with van der Waals surface area (Å²) in [7, 11) is -3.58.